The number of benzene rings is 1. The van der Waals surface area contributed by atoms with E-state index in [-0.39, 0.29) is 12.4 Å². The molecule has 1 aliphatic heterocycles. The van der Waals surface area contributed by atoms with E-state index in [4.69, 9.17) is 9.84 Å². The van der Waals surface area contributed by atoms with E-state index in [1.54, 1.807) is 0 Å². The molecule has 0 radical (unpaired) electrons. The standard InChI is InChI=1S/C19H22F5NO3/c20-15-8-13(9-16(21)17(15)18(26)27)28-6-3-12-7-14(12)11-1-4-25(5-2-11)10-19(22,23)24/h8-9,11-12,14H,1-7,10H2,(H,26,27). The Morgan fingerprint density at radius 2 is 1.79 bits per heavy atom. The highest BCUT2D eigenvalue weighted by molar-refractivity contribution is 5.88. The number of hydrogen-bond acceptors (Lipinski definition) is 3. The summed E-state index contributed by atoms with van der Waals surface area (Å²) >= 11 is 0. The van der Waals surface area contributed by atoms with Crippen LogP contribution in [0.15, 0.2) is 12.1 Å². The number of nitrogens with zero attached hydrogens (tertiary/aromatic N) is 1. The van der Waals surface area contributed by atoms with Crippen molar-refractivity contribution in [2.45, 2.75) is 31.9 Å². The molecule has 1 heterocycles. The number of aromatic carboxylic acids is 1. The van der Waals surface area contributed by atoms with Gasteiger partial charge >= 0.3 is 12.1 Å². The van der Waals surface area contributed by atoms with Gasteiger partial charge in [-0.1, -0.05) is 0 Å². The third-order valence-electron chi connectivity index (χ3n) is 5.60. The van der Waals surface area contributed by atoms with E-state index in [1.807, 2.05) is 0 Å². The predicted molar refractivity (Wildman–Crippen MR) is 90.2 cm³/mol. The highest BCUT2D eigenvalue weighted by Gasteiger charge is 2.44. The fourth-order valence-electron chi connectivity index (χ4n) is 4.14. The van der Waals surface area contributed by atoms with E-state index in [2.05, 4.69) is 0 Å². The molecular formula is C19H22F5NO3. The summed E-state index contributed by atoms with van der Waals surface area (Å²) in [6.45, 7) is 0.311. The van der Waals surface area contributed by atoms with Crippen molar-refractivity contribution in [3.63, 3.8) is 0 Å². The van der Waals surface area contributed by atoms with Crippen LogP contribution in [0.2, 0.25) is 0 Å². The van der Waals surface area contributed by atoms with E-state index >= 15 is 0 Å². The monoisotopic (exact) mass is 407 g/mol. The van der Waals surface area contributed by atoms with Crippen LogP contribution in [0.4, 0.5) is 22.0 Å². The van der Waals surface area contributed by atoms with Crippen molar-refractivity contribution in [3.05, 3.63) is 29.3 Å². The Labute approximate surface area is 159 Å². The van der Waals surface area contributed by atoms with Crippen molar-refractivity contribution >= 4 is 5.97 Å². The van der Waals surface area contributed by atoms with Crippen LogP contribution in [-0.4, -0.2) is 48.4 Å². The number of ether oxygens (including phenoxy) is 1. The minimum atomic E-state index is -4.16. The molecule has 1 aromatic rings. The van der Waals surface area contributed by atoms with Crippen LogP contribution in [-0.2, 0) is 0 Å². The number of carboxylic acid groups (broad SMARTS) is 1. The molecule has 0 amide bonds. The molecule has 1 aromatic carbocycles. The van der Waals surface area contributed by atoms with Crippen LogP contribution in [0.25, 0.3) is 0 Å². The first-order valence-corrected chi connectivity index (χ1v) is 9.28. The first kappa shape index (κ1) is 20.8. The number of alkyl halides is 3. The molecule has 2 unspecified atom stereocenters. The quantitative estimate of drug-likeness (QED) is 0.683. The summed E-state index contributed by atoms with van der Waals surface area (Å²) in [5.74, 6) is -2.80. The largest absolute Gasteiger partial charge is 0.493 e. The Balaban J connectivity index is 1.40. The van der Waals surface area contributed by atoms with Crippen LogP contribution < -0.4 is 4.74 Å². The van der Waals surface area contributed by atoms with Crippen LogP contribution in [0.3, 0.4) is 0 Å². The summed E-state index contributed by atoms with van der Waals surface area (Å²) in [6, 6.07) is 1.71. The third-order valence-corrected chi connectivity index (χ3v) is 5.60. The molecule has 4 nitrogen and oxygen atoms in total. The second-order valence-corrected chi connectivity index (χ2v) is 7.59. The number of carbonyl (C=O) groups is 1. The number of hydrogen-bond donors (Lipinski definition) is 1. The average Bonchev–Trinajstić information content (AvgIpc) is 3.32. The highest BCUT2D eigenvalue weighted by atomic mass is 19.4. The number of likely N-dealkylation sites (tertiary alicyclic amines) is 1. The van der Waals surface area contributed by atoms with Gasteiger partial charge in [0.25, 0.3) is 0 Å². The minimum Gasteiger partial charge on any atom is -0.493 e. The molecule has 2 aliphatic rings. The van der Waals surface area contributed by atoms with Gasteiger partial charge in [0.1, 0.15) is 22.9 Å². The lowest BCUT2D eigenvalue weighted by Gasteiger charge is -2.32. The molecule has 1 saturated carbocycles. The van der Waals surface area contributed by atoms with Gasteiger partial charge in [0.15, 0.2) is 0 Å². The van der Waals surface area contributed by atoms with Gasteiger partial charge in [0.05, 0.1) is 13.2 Å². The fraction of sp³-hybridized carbons (Fsp3) is 0.632. The van der Waals surface area contributed by atoms with Crippen LogP contribution in [0.5, 0.6) is 5.75 Å². The molecular weight excluding hydrogens is 385 g/mol. The Bertz CT molecular complexity index is 693. The average molecular weight is 407 g/mol. The summed E-state index contributed by atoms with van der Waals surface area (Å²) in [6.07, 6.45) is -0.963. The molecule has 0 spiro atoms. The van der Waals surface area contributed by atoms with Crippen LogP contribution >= 0.6 is 0 Å². The van der Waals surface area contributed by atoms with E-state index in [0.717, 1.165) is 31.4 Å². The van der Waals surface area contributed by atoms with Crippen molar-refractivity contribution in [2.75, 3.05) is 26.2 Å². The fourth-order valence-corrected chi connectivity index (χ4v) is 4.14. The Morgan fingerprint density at radius 1 is 1.18 bits per heavy atom. The van der Waals surface area contributed by atoms with Gasteiger partial charge in [0.2, 0.25) is 0 Å². The van der Waals surface area contributed by atoms with Gasteiger partial charge in [-0.2, -0.15) is 13.2 Å². The number of carboxylic acids is 1. The van der Waals surface area contributed by atoms with Gasteiger partial charge in [0, 0.05) is 12.1 Å². The Hall–Kier alpha value is -1.90. The van der Waals surface area contributed by atoms with E-state index in [9.17, 15) is 26.7 Å². The van der Waals surface area contributed by atoms with Gasteiger partial charge in [-0.3, -0.25) is 4.90 Å². The van der Waals surface area contributed by atoms with Crippen LogP contribution in [0.1, 0.15) is 36.0 Å². The minimum absolute atomic E-state index is 0.0577. The Morgan fingerprint density at radius 3 is 2.32 bits per heavy atom. The van der Waals surface area contributed by atoms with Crippen molar-refractivity contribution in [3.8, 4) is 5.75 Å². The summed E-state index contributed by atoms with van der Waals surface area (Å²) in [5, 5.41) is 8.74. The SMILES string of the molecule is O=C(O)c1c(F)cc(OCCC2CC2C2CCN(CC(F)(F)F)CC2)cc1F. The maximum absolute atomic E-state index is 13.6. The zero-order valence-electron chi connectivity index (χ0n) is 15.1. The first-order chi connectivity index (χ1) is 13.1. The topological polar surface area (TPSA) is 49.8 Å². The molecule has 2 atom stereocenters. The summed E-state index contributed by atoms with van der Waals surface area (Å²) in [7, 11) is 0. The lowest BCUT2D eigenvalue weighted by Crippen LogP contribution is -2.40. The van der Waals surface area contributed by atoms with E-state index < -0.39 is 35.9 Å². The van der Waals surface area contributed by atoms with Crippen molar-refractivity contribution in [1.29, 1.82) is 0 Å². The molecule has 28 heavy (non-hydrogen) atoms. The maximum Gasteiger partial charge on any atom is 0.401 e. The summed E-state index contributed by atoms with van der Waals surface area (Å²) in [4.78, 5) is 12.2. The second kappa shape index (κ2) is 8.23. The Kier molecular flexibility index (Phi) is 6.12. The molecule has 156 valence electrons. The molecule has 0 bridgehead atoms. The summed E-state index contributed by atoms with van der Waals surface area (Å²) in [5.41, 5.74) is -1.01. The molecule has 1 saturated heterocycles. The van der Waals surface area contributed by atoms with E-state index in [0.29, 0.717) is 37.3 Å². The maximum atomic E-state index is 13.6. The molecule has 9 heteroatoms. The normalized spacial score (nSPS) is 23.6. The van der Waals surface area contributed by atoms with Gasteiger partial charge in [-0.15, -0.1) is 0 Å². The van der Waals surface area contributed by atoms with Gasteiger partial charge < -0.3 is 9.84 Å². The zero-order chi connectivity index (χ0) is 20.5. The molecule has 3 rings (SSSR count). The zero-order valence-corrected chi connectivity index (χ0v) is 15.1. The molecule has 1 N–H and O–H groups in total. The van der Waals surface area contributed by atoms with Crippen molar-refractivity contribution in [2.24, 2.45) is 17.8 Å². The molecule has 1 aliphatic carbocycles. The molecule has 2 fully saturated rings. The smallest absolute Gasteiger partial charge is 0.401 e. The number of piperidine rings is 1. The molecule has 0 aromatic heterocycles. The lowest BCUT2D eigenvalue weighted by atomic mass is 9.90. The highest BCUT2D eigenvalue weighted by Crippen LogP contribution is 2.49. The van der Waals surface area contributed by atoms with E-state index in [1.165, 1.54) is 4.90 Å². The number of halogens is 5. The van der Waals surface area contributed by atoms with Gasteiger partial charge in [-0.05, 0) is 56.5 Å². The van der Waals surface area contributed by atoms with Gasteiger partial charge in [-0.25, -0.2) is 13.6 Å². The number of rotatable bonds is 7. The lowest BCUT2D eigenvalue weighted by molar-refractivity contribution is -0.148. The van der Waals surface area contributed by atoms with Crippen molar-refractivity contribution < 1.29 is 36.6 Å². The summed E-state index contributed by atoms with van der Waals surface area (Å²) < 4.78 is 69.9. The third kappa shape index (κ3) is 5.33. The van der Waals surface area contributed by atoms with Crippen molar-refractivity contribution in [1.82, 2.24) is 4.90 Å². The predicted octanol–water partition coefficient (Wildman–Crippen LogP) is 4.34. The second-order valence-electron chi connectivity index (χ2n) is 7.59. The van der Waals surface area contributed by atoms with Crippen LogP contribution in [0, 0.1) is 29.4 Å². The first-order valence-electron chi connectivity index (χ1n) is 9.28.